The first-order valence-corrected chi connectivity index (χ1v) is 17.7. The molecular weight excluding hydrogens is 568 g/mol. The van der Waals surface area contributed by atoms with Crippen LogP contribution in [-0.2, 0) is 10.2 Å². The van der Waals surface area contributed by atoms with Crippen molar-refractivity contribution >= 4 is 25.4 Å². The van der Waals surface area contributed by atoms with Crippen LogP contribution in [0.2, 0.25) is 0 Å². The summed E-state index contributed by atoms with van der Waals surface area (Å²) in [6.07, 6.45) is 7.71. The number of rotatable bonds is 9. The van der Waals surface area contributed by atoms with Crippen LogP contribution in [0.5, 0.6) is 0 Å². The van der Waals surface area contributed by atoms with Crippen LogP contribution in [0.4, 0.5) is 4.79 Å². The van der Waals surface area contributed by atoms with Gasteiger partial charge in [-0.3, -0.25) is 4.99 Å². The van der Waals surface area contributed by atoms with Gasteiger partial charge in [0.05, 0.1) is 24.4 Å². The van der Waals surface area contributed by atoms with Crippen molar-refractivity contribution in [2.45, 2.75) is 127 Å². The van der Waals surface area contributed by atoms with Gasteiger partial charge >= 0.3 is 6.09 Å². The molecule has 3 N–H and O–H groups in total. The number of aliphatic hydroxyl groups is 2. The molecule has 1 aromatic carbocycles. The van der Waals surface area contributed by atoms with Gasteiger partial charge in [0, 0.05) is 16.9 Å². The van der Waals surface area contributed by atoms with Crippen LogP contribution < -0.4 is 5.32 Å². The predicted molar refractivity (Wildman–Crippen MR) is 180 cm³/mol. The Morgan fingerprint density at radius 2 is 1.84 bits per heavy atom. The molecule has 1 aromatic rings. The van der Waals surface area contributed by atoms with Crippen LogP contribution in [-0.4, -0.2) is 53.9 Å². The number of benzene rings is 1. The zero-order chi connectivity index (χ0) is 32.1. The quantitative estimate of drug-likeness (QED) is 0.169. The number of ether oxygens (including phenoxy) is 1. The van der Waals surface area contributed by atoms with E-state index in [1.807, 2.05) is 18.2 Å². The summed E-state index contributed by atoms with van der Waals surface area (Å²) in [6, 6.07) is 7.98. The first-order valence-electron chi connectivity index (χ1n) is 17.3. The second-order valence-electron chi connectivity index (χ2n) is 16.1. The van der Waals surface area contributed by atoms with Crippen LogP contribution in [0.15, 0.2) is 34.2 Å². The molecule has 4 aliphatic carbocycles. The molecule has 44 heavy (non-hydrogen) atoms. The Morgan fingerprint density at radius 3 is 2.52 bits per heavy atom. The predicted octanol–water partition coefficient (Wildman–Crippen LogP) is 7.46. The molecule has 0 aromatic heterocycles. The van der Waals surface area contributed by atoms with Gasteiger partial charge in [-0.05, 0) is 116 Å². The molecular formula is C37H58N2O4S. The molecule has 0 spiro atoms. The number of thiol groups is 1. The summed E-state index contributed by atoms with van der Waals surface area (Å²) in [5.74, 6) is 1.96. The molecule has 4 saturated carbocycles. The Bertz CT molecular complexity index is 1210. The number of carbonyl (C=O) groups excluding carboxylic acids is 1. The topological polar surface area (TPSA) is 91.2 Å². The van der Waals surface area contributed by atoms with Crippen molar-refractivity contribution in [3.05, 3.63) is 29.8 Å². The highest BCUT2D eigenvalue weighted by Crippen LogP contribution is 2.71. The third kappa shape index (κ3) is 5.45. The van der Waals surface area contributed by atoms with Gasteiger partial charge in [0.1, 0.15) is 0 Å². The maximum Gasteiger partial charge on any atom is 0.407 e. The number of carbonyl (C=O) groups is 1. The minimum absolute atomic E-state index is 0.0570. The number of aliphatic imine (C=N–C) groups is 1. The van der Waals surface area contributed by atoms with Crippen LogP contribution in [0.1, 0.15) is 105 Å². The Hall–Kier alpha value is -1.57. The van der Waals surface area contributed by atoms with Gasteiger partial charge in [-0.15, -0.1) is 12.6 Å². The summed E-state index contributed by atoms with van der Waals surface area (Å²) < 4.78 is 5.71. The molecule has 0 heterocycles. The SMILES string of the molecule is C=NC1([C@H](C)CCOC(=O)NCC(C)(C)c2ccccc2S)CCC2C3C(O)[C@H](CC)[C@@H]4C[C@H](O)CC[C@]4(C)C3CC[C@@]21C. The number of aliphatic hydroxyl groups excluding tert-OH is 2. The number of alkyl carbamates (subject to hydrolysis) is 1. The summed E-state index contributed by atoms with van der Waals surface area (Å²) in [5, 5.41) is 25.6. The van der Waals surface area contributed by atoms with E-state index in [0.29, 0.717) is 30.9 Å². The molecule has 0 saturated heterocycles. The molecule has 1 amide bonds. The van der Waals surface area contributed by atoms with Crippen molar-refractivity contribution in [2.24, 2.45) is 51.3 Å². The van der Waals surface area contributed by atoms with E-state index in [0.717, 1.165) is 68.2 Å². The third-order valence-electron chi connectivity index (χ3n) is 13.8. The summed E-state index contributed by atoms with van der Waals surface area (Å²) in [6.45, 7) is 18.6. The summed E-state index contributed by atoms with van der Waals surface area (Å²) in [7, 11) is 0. The Kier molecular flexibility index (Phi) is 9.64. The van der Waals surface area contributed by atoms with E-state index in [1.54, 1.807) is 0 Å². The smallest absolute Gasteiger partial charge is 0.407 e. The Balaban J connectivity index is 1.25. The van der Waals surface area contributed by atoms with E-state index in [1.165, 1.54) is 0 Å². The van der Waals surface area contributed by atoms with Crippen molar-refractivity contribution in [3.8, 4) is 0 Å². The average Bonchev–Trinajstić information content (AvgIpc) is 3.30. The van der Waals surface area contributed by atoms with Gasteiger partial charge in [-0.2, -0.15) is 0 Å². The van der Waals surface area contributed by atoms with Gasteiger partial charge in [-0.1, -0.05) is 66.2 Å². The molecule has 0 aliphatic heterocycles. The van der Waals surface area contributed by atoms with E-state index in [9.17, 15) is 15.0 Å². The highest BCUT2D eigenvalue weighted by molar-refractivity contribution is 7.80. The third-order valence-corrected chi connectivity index (χ3v) is 14.2. The second kappa shape index (κ2) is 12.6. The zero-order valence-corrected chi connectivity index (χ0v) is 28.9. The minimum atomic E-state index is -0.394. The maximum absolute atomic E-state index is 12.7. The monoisotopic (exact) mass is 626 g/mol. The molecule has 4 fully saturated rings. The number of hydrogen-bond donors (Lipinski definition) is 4. The first kappa shape index (κ1) is 33.8. The molecule has 0 bridgehead atoms. The highest BCUT2D eigenvalue weighted by atomic mass is 32.1. The van der Waals surface area contributed by atoms with Crippen LogP contribution in [0.3, 0.4) is 0 Å². The molecule has 4 aliphatic rings. The molecule has 246 valence electrons. The number of fused-ring (bicyclic) bond motifs is 5. The van der Waals surface area contributed by atoms with Crippen LogP contribution in [0.25, 0.3) is 0 Å². The molecule has 7 heteroatoms. The normalized spacial score (nSPS) is 40.7. The van der Waals surface area contributed by atoms with Gasteiger partial charge in [0.25, 0.3) is 0 Å². The maximum atomic E-state index is 12.7. The van der Waals surface area contributed by atoms with E-state index >= 15 is 0 Å². The first-order chi connectivity index (χ1) is 20.8. The molecule has 6 nitrogen and oxygen atoms in total. The molecule has 5 unspecified atom stereocenters. The Morgan fingerprint density at radius 1 is 1.14 bits per heavy atom. The zero-order valence-electron chi connectivity index (χ0n) is 28.0. The minimum Gasteiger partial charge on any atom is -0.450 e. The summed E-state index contributed by atoms with van der Waals surface area (Å²) >= 11 is 4.60. The lowest BCUT2D eigenvalue weighted by atomic mass is 9.41. The fourth-order valence-corrected chi connectivity index (χ4v) is 11.8. The van der Waals surface area contributed by atoms with E-state index in [2.05, 4.69) is 72.3 Å². The lowest BCUT2D eigenvalue weighted by Gasteiger charge is -2.65. The number of hydrogen-bond acceptors (Lipinski definition) is 6. The van der Waals surface area contributed by atoms with E-state index in [4.69, 9.17) is 9.73 Å². The van der Waals surface area contributed by atoms with Crippen molar-refractivity contribution in [2.75, 3.05) is 13.2 Å². The molecule has 0 radical (unpaired) electrons. The van der Waals surface area contributed by atoms with E-state index in [-0.39, 0.29) is 51.7 Å². The number of nitrogens with one attached hydrogen (secondary N) is 1. The fourth-order valence-electron chi connectivity index (χ4n) is 11.3. The van der Waals surface area contributed by atoms with Crippen molar-refractivity contribution in [1.29, 1.82) is 0 Å². The second-order valence-corrected chi connectivity index (χ2v) is 16.5. The lowest BCUT2D eigenvalue weighted by Crippen LogP contribution is -2.63. The standard InChI is InChI=1S/C37H58N2O4S/c1-8-25-29-21-24(40)13-17-35(29,5)27-14-18-36(6)28(31(27)32(25)41)15-19-37(36,38-7)23(2)16-20-43-33(42)39-22-34(3,4)26-11-9-10-12-30(26)44/h9-12,23-25,27-29,31-32,40-41,44H,7-8,13-22H2,1-6H3,(H,39,42)/t23-,24-,25-,27?,28?,29+,31?,32?,35-,36+,37?/m1/s1. The van der Waals surface area contributed by atoms with Gasteiger partial charge in [-0.25, -0.2) is 4.79 Å². The van der Waals surface area contributed by atoms with Crippen molar-refractivity contribution < 1.29 is 19.7 Å². The van der Waals surface area contributed by atoms with Gasteiger partial charge in [0.2, 0.25) is 0 Å². The lowest BCUT2D eigenvalue weighted by molar-refractivity contribution is -0.204. The van der Waals surface area contributed by atoms with Crippen molar-refractivity contribution in [3.63, 3.8) is 0 Å². The fraction of sp³-hybridized carbons (Fsp3) is 0.784. The largest absolute Gasteiger partial charge is 0.450 e. The summed E-state index contributed by atoms with van der Waals surface area (Å²) in [5.41, 5.74) is 0.632. The van der Waals surface area contributed by atoms with E-state index < -0.39 is 6.09 Å². The van der Waals surface area contributed by atoms with Gasteiger partial charge < -0.3 is 20.3 Å². The van der Waals surface area contributed by atoms with Crippen molar-refractivity contribution in [1.82, 2.24) is 5.32 Å². The van der Waals surface area contributed by atoms with Crippen LogP contribution in [0, 0.1) is 46.3 Å². The average molecular weight is 627 g/mol. The van der Waals surface area contributed by atoms with Gasteiger partial charge in [0.15, 0.2) is 0 Å². The highest BCUT2D eigenvalue weighted by Gasteiger charge is 2.68. The Labute approximate surface area is 271 Å². The number of amides is 1. The van der Waals surface area contributed by atoms with Crippen LogP contribution >= 0.6 is 12.6 Å². The summed E-state index contributed by atoms with van der Waals surface area (Å²) in [4.78, 5) is 18.6. The molecule has 5 rings (SSSR count). The number of nitrogens with zero attached hydrogens (tertiary/aromatic N) is 1. The molecule has 11 atom stereocenters.